The van der Waals surface area contributed by atoms with Gasteiger partial charge >= 0.3 is 0 Å². The lowest BCUT2D eigenvalue weighted by Gasteiger charge is -2.34. The topological polar surface area (TPSA) is 29.0 Å². The Morgan fingerprint density at radius 2 is 2.11 bits per heavy atom. The molecule has 0 fully saturated rings. The van der Waals surface area contributed by atoms with Crippen LogP contribution in [0.4, 0.5) is 5.82 Å². The Kier molecular flexibility index (Phi) is 2.56. The fraction of sp³-hybridized carbons (Fsp3) is 0.286. The van der Waals surface area contributed by atoms with Crippen LogP contribution in [0.25, 0.3) is 10.2 Å². The summed E-state index contributed by atoms with van der Waals surface area (Å²) in [6.45, 7) is 3.31. The Morgan fingerprint density at radius 3 is 3.05 bits per heavy atom. The number of nitrogens with zero attached hydrogens (tertiary/aromatic N) is 3. The number of hydrogen-bond acceptors (Lipinski definition) is 5. The lowest BCUT2D eigenvalue weighted by atomic mass is 10.0. The highest BCUT2D eigenvalue weighted by molar-refractivity contribution is 7.16. The molecule has 0 amide bonds. The predicted octanol–water partition coefficient (Wildman–Crippen LogP) is 3.88. The van der Waals surface area contributed by atoms with Gasteiger partial charge in [-0.05, 0) is 41.8 Å². The maximum absolute atomic E-state index is 4.54. The third-order valence-corrected chi connectivity index (χ3v) is 5.61. The summed E-state index contributed by atoms with van der Waals surface area (Å²) >= 11 is 3.55. The van der Waals surface area contributed by atoms with Crippen LogP contribution >= 0.6 is 22.7 Å². The summed E-state index contributed by atoms with van der Waals surface area (Å²) in [7, 11) is 0. The van der Waals surface area contributed by atoms with Crippen molar-refractivity contribution >= 4 is 38.7 Å². The summed E-state index contributed by atoms with van der Waals surface area (Å²) in [5, 5.41) is 5.47. The van der Waals surface area contributed by atoms with Crippen molar-refractivity contribution in [2.24, 2.45) is 0 Å². The molecule has 19 heavy (non-hydrogen) atoms. The molecule has 3 nitrogen and oxygen atoms in total. The number of rotatable bonds is 1. The Balaban J connectivity index is 1.83. The van der Waals surface area contributed by atoms with E-state index in [2.05, 4.69) is 44.7 Å². The summed E-state index contributed by atoms with van der Waals surface area (Å²) in [5.74, 6) is 1.08. The van der Waals surface area contributed by atoms with Crippen LogP contribution in [-0.4, -0.2) is 16.5 Å². The molecule has 0 saturated heterocycles. The minimum Gasteiger partial charge on any atom is -0.349 e. The first-order valence-corrected chi connectivity index (χ1v) is 8.11. The van der Waals surface area contributed by atoms with Gasteiger partial charge in [0.2, 0.25) is 0 Å². The second kappa shape index (κ2) is 4.28. The minimum absolute atomic E-state index is 0.396. The van der Waals surface area contributed by atoms with E-state index < -0.39 is 0 Å². The van der Waals surface area contributed by atoms with Gasteiger partial charge in [-0.1, -0.05) is 0 Å². The molecule has 1 atom stereocenters. The van der Waals surface area contributed by atoms with Crippen molar-refractivity contribution in [3.8, 4) is 0 Å². The average Bonchev–Trinajstić information content (AvgIpc) is 3.07. The van der Waals surface area contributed by atoms with Gasteiger partial charge in [0.05, 0.1) is 11.4 Å². The lowest BCUT2D eigenvalue weighted by Crippen LogP contribution is -2.33. The number of fused-ring (bicyclic) bond motifs is 2. The van der Waals surface area contributed by atoms with E-state index in [1.165, 1.54) is 15.8 Å². The molecule has 1 aliphatic rings. The predicted molar refractivity (Wildman–Crippen MR) is 81.2 cm³/mol. The van der Waals surface area contributed by atoms with Crippen LogP contribution in [0.3, 0.4) is 0 Å². The van der Waals surface area contributed by atoms with E-state index in [9.17, 15) is 0 Å². The Bertz CT molecular complexity index is 731. The van der Waals surface area contributed by atoms with Crippen molar-refractivity contribution in [2.45, 2.75) is 19.4 Å². The molecule has 1 unspecified atom stereocenters. The third kappa shape index (κ3) is 1.69. The monoisotopic (exact) mass is 287 g/mol. The van der Waals surface area contributed by atoms with Gasteiger partial charge in [0, 0.05) is 11.4 Å². The zero-order valence-corrected chi connectivity index (χ0v) is 12.2. The van der Waals surface area contributed by atoms with Crippen LogP contribution in [0.2, 0.25) is 0 Å². The average molecular weight is 287 g/mol. The van der Waals surface area contributed by atoms with Crippen molar-refractivity contribution < 1.29 is 0 Å². The SMILES string of the molecule is CC1c2ccsc2CCN1c1ncnc2sccc12. The van der Waals surface area contributed by atoms with Crippen LogP contribution in [0, 0.1) is 0 Å². The van der Waals surface area contributed by atoms with E-state index in [-0.39, 0.29) is 0 Å². The minimum atomic E-state index is 0.396. The lowest BCUT2D eigenvalue weighted by molar-refractivity contribution is 0.627. The Morgan fingerprint density at radius 1 is 1.21 bits per heavy atom. The first-order valence-electron chi connectivity index (χ1n) is 6.35. The molecule has 4 rings (SSSR count). The van der Waals surface area contributed by atoms with Gasteiger partial charge in [-0.3, -0.25) is 0 Å². The highest BCUT2D eigenvalue weighted by atomic mass is 32.1. The molecule has 0 bridgehead atoms. The highest BCUT2D eigenvalue weighted by Gasteiger charge is 2.26. The van der Waals surface area contributed by atoms with Crippen molar-refractivity contribution in [1.82, 2.24) is 9.97 Å². The fourth-order valence-electron chi connectivity index (χ4n) is 2.80. The molecule has 0 N–H and O–H groups in total. The summed E-state index contributed by atoms with van der Waals surface area (Å²) in [6.07, 6.45) is 2.80. The first kappa shape index (κ1) is 11.4. The molecule has 0 aromatic carbocycles. The molecule has 0 spiro atoms. The molecule has 0 aliphatic carbocycles. The van der Waals surface area contributed by atoms with Gasteiger partial charge in [-0.15, -0.1) is 22.7 Å². The standard InChI is InChI=1S/C14H13N3S2/c1-9-10-3-6-18-12(10)2-5-17(9)13-11-4-7-19-14(11)16-8-15-13/h3-4,6-9H,2,5H2,1H3. The van der Waals surface area contributed by atoms with Gasteiger partial charge in [-0.2, -0.15) is 0 Å². The summed E-state index contributed by atoms with van der Waals surface area (Å²) < 4.78 is 0. The molecule has 0 radical (unpaired) electrons. The molecule has 3 aromatic heterocycles. The van der Waals surface area contributed by atoms with Gasteiger partial charge in [0.1, 0.15) is 17.0 Å². The van der Waals surface area contributed by atoms with Crippen LogP contribution in [0.5, 0.6) is 0 Å². The zero-order valence-electron chi connectivity index (χ0n) is 10.5. The van der Waals surface area contributed by atoms with E-state index >= 15 is 0 Å². The highest BCUT2D eigenvalue weighted by Crippen LogP contribution is 2.37. The van der Waals surface area contributed by atoms with Crippen molar-refractivity contribution in [3.63, 3.8) is 0 Å². The third-order valence-electron chi connectivity index (χ3n) is 3.79. The molecular formula is C14H13N3S2. The van der Waals surface area contributed by atoms with Crippen LogP contribution in [-0.2, 0) is 6.42 Å². The fourth-order valence-corrected chi connectivity index (χ4v) is 4.49. The smallest absolute Gasteiger partial charge is 0.141 e. The second-order valence-corrected chi connectivity index (χ2v) is 6.65. The van der Waals surface area contributed by atoms with Gasteiger partial charge < -0.3 is 4.90 Å². The van der Waals surface area contributed by atoms with Crippen molar-refractivity contribution in [2.75, 3.05) is 11.4 Å². The zero-order chi connectivity index (χ0) is 12.8. The quantitative estimate of drug-likeness (QED) is 0.680. The van der Waals surface area contributed by atoms with Crippen molar-refractivity contribution in [1.29, 1.82) is 0 Å². The molecule has 4 heterocycles. The maximum Gasteiger partial charge on any atom is 0.141 e. The maximum atomic E-state index is 4.54. The first-order chi connectivity index (χ1) is 9.34. The van der Waals surface area contributed by atoms with E-state index in [1.54, 1.807) is 17.7 Å². The van der Waals surface area contributed by atoms with E-state index in [4.69, 9.17) is 0 Å². The molecule has 3 aromatic rings. The molecule has 5 heteroatoms. The van der Waals surface area contributed by atoms with Gasteiger partial charge in [-0.25, -0.2) is 9.97 Å². The molecule has 0 saturated carbocycles. The normalized spacial score (nSPS) is 18.8. The number of anilines is 1. The van der Waals surface area contributed by atoms with Crippen LogP contribution in [0.1, 0.15) is 23.4 Å². The largest absolute Gasteiger partial charge is 0.349 e. The molecule has 96 valence electrons. The number of thiophene rings is 2. The van der Waals surface area contributed by atoms with E-state index in [1.807, 2.05) is 11.3 Å². The van der Waals surface area contributed by atoms with Crippen LogP contribution in [0.15, 0.2) is 29.2 Å². The summed E-state index contributed by atoms with van der Waals surface area (Å²) in [6, 6.07) is 4.78. The second-order valence-electron chi connectivity index (χ2n) is 4.76. The van der Waals surface area contributed by atoms with E-state index in [0.29, 0.717) is 6.04 Å². The van der Waals surface area contributed by atoms with Gasteiger partial charge in [0.15, 0.2) is 0 Å². The van der Waals surface area contributed by atoms with Gasteiger partial charge in [0.25, 0.3) is 0 Å². The summed E-state index contributed by atoms with van der Waals surface area (Å²) in [4.78, 5) is 13.9. The van der Waals surface area contributed by atoms with Crippen LogP contribution < -0.4 is 4.90 Å². The van der Waals surface area contributed by atoms with Crippen molar-refractivity contribution in [3.05, 3.63) is 39.7 Å². The number of hydrogen-bond donors (Lipinski definition) is 0. The Hall–Kier alpha value is -1.46. The number of aromatic nitrogens is 2. The molecule has 1 aliphatic heterocycles. The summed E-state index contributed by atoms with van der Waals surface area (Å²) in [5.41, 5.74) is 1.46. The van der Waals surface area contributed by atoms with E-state index in [0.717, 1.165) is 23.6 Å². The molecular weight excluding hydrogens is 274 g/mol. The Labute approximate surface area is 119 Å².